The maximum atomic E-state index is 13.8. The molecule has 0 heterocycles. The highest BCUT2D eigenvalue weighted by atomic mass is 32.2. The molecule has 0 bridgehead atoms. The average molecular weight is 355 g/mol. The van der Waals surface area contributed by atoms with Crippen LogP contribution >= 0.6 is 0 Å². The molecule has 0 radical (unpaired) electrons. The molecule has 0 N–H and O–H groups in total. The van der Waals surface area contributed by atoms with Gasteiger partial charge in [-0.2, -0.15) is 0 Å². The monoisotopic (exact) mass is 355 g/mol. The third-order valence-corrected chi connectivity index (χ3v) is 5.06. The average Bonchev–Trinajstić information content (AvgIpc) is 2.54. The van der Waals surface area contributed by atoms with Gasteiger partial charge >= 0.3 is 5.97 Å². The SMILES string of the molecule is CN(C)S(=O)(=O)c1ccc(F)c(C(=O)OCc2ccccc2F)c1. The van der Waals surface area contributed by atoms with Crippen molar-refractivity contribution in [2.24, 2.45) is 0 Å². The zero-order chi connectivity index (χ0) is 17.9. The lowest BCUT2D eigenvalue weighted by molar-refractivity contribution is 0.0463. The molecule has 0 fully saturated rings. The maximum Gasteiger partial charge on any atom is 0.341 e. The molecule has 0 saturated heterocycles. The van der Waals surface area contributed by atoms with Crippen LogP contribution in [0, 0.1) is 11.6 Å². The van der Waals surface area contributed by atoms with Crippen LogP contribution in [0.15, 0.2) is 47.4 Å². The zero-order valence-electron chi connectivity index (χ0n) is 13.0. The van der Waals surface area contributed by atoms with Gasteiger partial charge in [-0.3, -0.25) is 0 Å². The molecular weight excluding hydrogens is 340 g/mol. The lowest BCUT2D eigenvalue weighted by Gasteiger charge is -2.12. The molecular formula is C16H15F2NO4S. The first-order chi connectivity index (χ1) is 11.2. The van der Waals surface area contributed by atoms with Gasteiger partial charge in [0.1, 0.15) is 18.2 Å². The lowest BCUT2D eigenvalue weighted by Crippen LogP contribution is -2.22. The fourth-order valence-corrected chi connectivity index (χ4v) is 2.80. The number of ether oxygens (including phenoxy) is 1. The van der Waals surface area contributed by atoms with Crippen LogP contribution in [0.5, 0.6) is 0 Å². The fraction of sp³-hybridized carbons (Fsp3) is 0.188. The number of hydrogen-bond donors (Lipinski definition) is 0. The Balaban J connectivity index is 2.25. The van der Waals surface area contributed by atoms with Gasteiger partial charge in [0.15, 0.2) is 0 Å². The summed E-state index contributed by atoms with van der Waals surface area (Å²) in [6, 6.07) is 8.50. The van der Waals surface area contributed by atoms with E-state index in [4.69, 9.17) is 4.74 Å². The number of benzene rings is 2. The zero-order valence-corrected chi connectivity index (χ0v) is 13.8. The van der Waals surface area contributed by atoms with Crippen LogP contribution in [0.4, 0.5) is 8.78 Å². The van der Waals surface area contributed by atoms with E-state index in [0.717, 1.165) is 22.5 Å². The molecule has 24 heavy (non-hydrogen) atoms. The lowest BCUT2D eigenvalue weighted by atomic mass is 10.2. The minimum atomic E-state index is -3.82. The first-order valence-electron chi connectivity index (χ1n) is 6.86. The van der Waals surface area contributed by atoms with E-state index in [1.807, 2.05) is 0 Å². The summed E-state index contributed by atoms with van der Waals surface area (Å²) in [6.45, 7) is -0.393. The molecule has 0 amide bonds. The van der Waals surface area contributed by atoms with E-state index >= 15 is 0 Å². The van der Waals surface area contributed by atoms with Gasteiger partial charge in [-0.15, -0.1) is 0 Å². The van der Waals surface area contributed by atoms with Crippen molar-refractivity contribution < 1.29 is 26.7 Å². The van der Waals surface area contributed by atoms with E-state index in [0.29, 0.717) is 0 Å². The summed E-state index contributed by atoms with van der Waals surface area (Å²) in [5.41, 5.74) is -0.405. The Labute approximate surface area is 138 Å². The Kier molecular flexibility index (Phi) is 5.30. The summed E-state index contributed by atoms with van der Waals surface area (Å²) in [4.78, 5) is 11.8. The number of rotatable bonds is 5. The van der Waals surface area contributed by atoms with Gasteiger partial charge in [-0.25, -0.2) is 26.3 Å². The molecule has 0 aliphatic rings. The number of hydrogen-bond acceptors (Lipinski definition) is 4. The van der Waals surface area contributed by atoms with Crippen LogP contribution in [-0.4, -0.2) is 32.8 Å². The number of nitrogens with zero attached hydrogens (tertiary/aromatic N) is 1. The van der Waals surface area contributed by atoms with Crippen molar-refractivity contribution in [3.63, 3.8) is 0 Å². The highest BCUT2D eigenvalue weighted by Gasteiger charge is 2.22. The number of carbonyl (C=O) groups excluding carboxylic acids is 1. The molecule has 0 aliphatic heterocycles. The van der Waals surface area contributed by atoms with Gasteiger partial charge in [0.25, 0.3) is 0 Å². The molecule has 8 heteroatoms. The van der Waals surface area contributed by atoms with Gasteiger partial charge in [-0.05, 0) is 24.3 Å². The summed E-state index contributed by atoms with van der Waals surface area (Å²) in [7, 11) is -1.20. The van der Waals surface area contributed by atoms with E-state index in [1.165, 1.54) is 32.3 Å². The number of carbonyl (C=O) groups is 1. The van der Waals surface area contributed by atoms with Crippen molar-refractivity contribution in [3.8, 4) is 0 Å². The van der Waals surface area contributed by atoms with Gasteiger partial charge in [-0.1, -0.05) is 18.2 Å². The van der Waals surface area contributed by atoms with E-state index in [9.17, 15) is 22.0 Å². The number of halogens is 2. The van der Waals surface area contributed by atoms with Crippen LogP contribution in [0.25, 0.3) is 0 Å². The molecule has 0 atom stereocenters. The van der Waals surface area contributed by atoms with Crippen molar-refractivity contribution in [3.05, 3.63) is 65.2 Å². The Morgan fingerprint density at radius 1 is 1.08 bits per heavy atom. The van der Waals surface area contributed by atoms with Crippen LogP contribution in [0.3, 0.4) is 0 Å². The van der Waals surface area contributed by atoms with Crippen molar-refractivity contribution in [1.29, 1.82) is 0 Å². The smallest absolute Gasteiger partial charge is 0.341 e. The van der Waals surface area contributed by atoms with E-state index in [-0.39, 0.29) is 10.5 Å². The molecule has 2 aromatic carbocycles. The van der Waals surface area contributed by atoms with E-state index in [1.54, 1.807) is 6.07 Å². The van der Waals surface area contributed by atoms with E-state index < -0.39 is 39.8 Å². The number of sulfonamides is 1. The predicted octanol–water partition coefficient (Wildman–Crippen LogP) is 2.57. The van der Waals surface area contributed by atoms with Gasteiger partial charge < -0.3 is 4.74 Å². The largest absolute Gasteiger partial charge is 0.457 e. The second-order valence-corrected chi connectivity index (χ2v) is 7.25. The normalized spacial score (nSPS) is 11.5. The molecule has 2 aromatic rings. The Morgan fingerprint density at radius 2 is 1.75 bits per heavy atom. The maximum absolute atomic E-state index is 13.8. The second-order valence-electron chi connectivity index (χ2n) is 5.10. The molecule has 0 saturated carbocycles. The molecule has 0 spiro atoms. The topological polar surface area (TPSA) is 63.7 Å². The highest BCUT2D eigenvalue weighted by molar-refractivity contribution is 7.89. The molecule has 0 aromatic heterocycles. The standard InChI is InChI=1S/C16H15F2NO4S/c1-19(2)24(21,22)12-7-8-15(18)13(9-12)16(20)23-10-11-5-3-4-6-14(11)17/h3-9H,10H2,1-2H3. The highest BCUT2D eigenvalue weighted by Crippen LogP contribution is 2.19. The summed E-state index contributed by atoms with van der Waals surface area (Å²) in [5.74, 6) is -2.56. The summed E-state index contributed by atoms with van der Waals surface area (Å²) >= 11 is 0. The van der Waals surface area contributed by atoms with Gasteiger partial charge in [0.05, 0.1) is 10.5 Å². The third kappa shape index (κ3) is 3.77. The molecule has 0 aliphatic carbocycles. The molecule has 128 valence electrons. The Hall–Kier alpha value is -2.32. The first kappa shape index (κ1) is 18.0. The minimum Gasteiger partial charge on any atom is -0.457 e. The predicted molar refractivity (Wildman–Crippen MR) is 82.8 cm³/mol. The summed E-state index contributed by atoms with van der Waals surface area (Å²) in [6.07, 6.45) is 0. The molecule has 0 unspecified atom stereocenters. The third-order valence-electron chi connectivity index (χ3n) is 3.25. The van der Waals surface area contributed by atoms with Crippen molar-refractivity contribution in [2.75, 3.05) is 14.1 Å². The van der Waals surface area contributed by atoms with Crippen molar-refractivity contribution in [2.45, 2.75) is 11.5 Å². The van der Waals surface area contributed by atoms with Crippen LogP contribution in [-0.2, 0) is 21.4 Å². The Morgan fingerprint density at radius 3 is 2.38 bits per heavy atom. The molecule has 2 rings (SSSR count). The van der Waals surface area contributed by atoms with E-state index in [2.05, 4.69) is 0 Å². The van der Waals surface area contributed by atoms with Crippen molar-refractivity contribution >= 4 is 16.0 Å². The van der Waals surface area contributed by atoms with Crippen LogP contribution in [0.1, 0.15) is 15.9 Å². The Bertz CT molecular complexity index is 866. The first-order valence-corrected chi connectivity index (χ1v) is 8.30. The molecule has 5 nitrogen and oxygen atoms in total. The minimum absolute atomic E-state index is 0.128. The number of esters is 1. The van der Waals surface area contributed by atoms with Crippen molar-refractivity contribution in [1.82, 2.24) is 4.31 Å². The summed E-state index contributed by atoms with van der Waals surface area (Å²) < 4.78 is 57.2. The van der Waals surface area contributed by atoms with Gasteiger partial charge in [0, 0.05) is 19.7 Å². The quantitative estimate of drug-likeness (QED) is 0.774. The van der Waals surface area contributed by atoms with Gasteiger partial charge in [0.2, 0.25) is 10.0 Å². The van der Waals surface area contributed by atoms with Crippen LogP contribution in [0.2, 0.25) is 0 Å². The van der Waals surface area contributed by atoms with Crippen LogP contribution < -0.4 is 0 Å². The fourth-order valence-electron chi connectivity index (χ4n) is 1.87. The summed E-state index contributed by atoms with van der Waals surface area (Å²) in [5, 5.41) is 0. The second kappa shape index (κ2) is 7.06.